The molecular formula is C13H26. The van der Waals surface area contributed by atoms with E-state index >= 15 is 0 Å². The fourth-order valence-corrected chi connectivity index (χ4v) is 1.45. The monoisotopic (exact) mass is 182 g/mol. The molecule has 0 heteroatoms. The average molecular weight is 182 g/mol. The van der Waals surface area contributed by atoms with E-state index in [-0.39, 0.29) is 0 Å². The van der Waals surface area contributed by atoms with Crippen LogP contribution in [0.3, 0.4) is 0 Å². The van der Waals surface area contributed by atoms with Gasteiger partial charge in [-0.2, -0.15) is 0 Å². The number of hydrogen-bond acceptors (Lipinski definition) is 0. The van der Waals surface area contributed by atoms with Crippen LogP contribution in [0.15, 0.2) is 0 Å². The summed E-state index contributed by atoms with van der Waals surface area (Å²) in [4.78, 5) is 0. The van der Waals surface area contributed by atoms with Gasteiger partial charge >= 0.3 is 0 Å². The molecule has 0 heterocycles. The molecule has 0 aromatic carbocycles. The van der Waals surface area contributed by atoms with Crippen molar-refractivity contribution in [2.75, 3.05) is 0 Å². The van der Waals surface area contributed by atoms with Crippen molar-refractivity contribution < 1.29 is 0 Å². The van der Waals surface area contributed by atoms with Gasteiger partial charge in [0.25, 0.3) is 0 Å². The smallest absolute Gasteiger partial charge is 0.0383 e. The van der Waals surface area contributed by atoms with E-state index < -0.39 is 0 Å². The zero-order valence-corrected chi connectivity index (χ0v) is 9.52. The molecule has 2 radical (unpaired) electrons. The lowest BCUT2D eigenvalue weighted by Gasteiger charge is -2.03. The molecule has 0 amide bonds. The summed E-state index contributed by atoms with van der Waals surface area (Å²) in [5, 5.41) is 0. The standard InChI is InChI=1S/C13H26/c1-4-5-6-7-8-9-10-11-12-13(2)3/h11,13H,1,4-10,12H2,2-3H3. The van der Waals surface area contributed by atoms with Gasteiger partial charge in [0.1, 0.15) is 0 Å². The zero-order valence-electron chi connectivity index (χ0n) is 9.52. The van der Waals surface area contributed by atoms with Crippen molar-refractivity contribution in [1.29, 1.82) is 0 Å². The van der Waals surface area contributed by atoms with Gasteiger partial charge in [0.2, 0.25) is 0 Å². The van der Waals surface area contributed by atoms with E-state index in [0.29, 0.717) is 0 Å². The molecule has 0 aliphatic rings. The minimum Gasteiger partial charge on any atom is -0.0628 e. The first-order chi connectivity index (χ1) is 6.27. The molecule has 0 N–H and O–H groups in total. The minimum atomic E-state index is 0.839. The van der Waals surface area contributed by atoms with Crippen molar-refractivity contribution in [2.24, 2.45) is 5.92 Å². The van der Waals surface area contributed by atoms with Crippen LogP contribution >= 0.6 is 0 Å². The maximum absolute atomic E-state index is 3.85. The highest BCUT2D eigenvalue weighted by Crippen LogP contribution is 2.11. The molecule has 0 aromatic rings. The Labute approximate surface area is 85.1 Å². The maximum Gasteiger partial charge on any atom is -0.0383 e. The molecule has 0 atom stereocenters. The molecule has 0 saturated carbocycles. The topological polar surface area (TPSA) is 0 Å². The lowest BCUT2D eigenvalue weighted by Crippen LogP contribution is -1.88. The normalized spacial score (nSPS) is 11.1. The molecule has 0 aromatic heterocycles. The third kappa shape index (κ3) is 12.0. The van der Waals surface area contributed by atoms with Gasteiger partial charge in [-0.3, -0.25) is 0 Å². The molecule has 0 fully saturated rings. The first kappa shape index (κ1) is 13.0. The van der Waals surface area contributed by atoms with Crippen LogP contribution < -0.4 is 0 Å². The predicted molar refractivity (Wildman–Crippen MR) is 61.4 cm³/mol. The molecule has 0 rings (SSSR count). The molecule has 78 valence electrons. The van der Waals surface area contributed by atoms with Crippen LogP contribution in [-0.4, -0.2) is 0 Å². The van der Waals surface area contributed by atoms with Gasteiger partial charge in [-0.05, 0) is 18.8 Å². The first-order valence-corrected chi connectivity index (χ1v) is 5.88. The second-order valence-electron chi connectivity index (χ2n) is 4.33. The molecule has 0 bridgehead atoms. The van der Waals surface area contributed by atoms with Gasteiger partial charge in [0.15, 0.2) is 0 Å². The molecule has 0 unspecified atom stereocenters. The lowest BCUT2D eigenvalue weighted by atomic mass is 10.0. The van der Waals surface area contributed by atoms with Crippen molar-refractivity contribution >= 4 is 0 Å². The summed E-state index contributed by atoms with van der Waals surface area (Å²) in [5.41, 5.74) is 0. The Morgan fingerprint density at radius 1 is 1.00 bits per heavy atom. The summed E-state index contributed by atoms with van der Waals surface area (Å²) in [7, 11) is 0. The summed E-state index contributed by atoms with van der Waals surface area (Å²) in [6, 6.07) is 0. The van der Waals surface area contributed by atoms with Crippen molar-refractivity contribution in [3.63, 3.8) is 0 Å². The van der Waals surface area contributed by atoms with Crippen LogP contribution in [0.5, 0.6) is 0 Å². The minimum absolute atomic E-state index is 0.839. The quantitative estimate of drug-likeness (QED) is 0.449. The summed E-state index contributed by atoms with van der Waals surface area (Å²) in [6.45, 7) is 8.41. The Morgan fingerprint density at radius 2 is 1.62 bits per heavy atom. The fourth-order valence-electron chi connectivity index (χ4n) is 1.45. The SMILES string of the molecule is [CH2]CCCCCCC[CH]CC(C)C. The number of rotatable bonds is 9. The zero-order chi connectivity index (χ0) is 9.94. The van der Waals surface area contributed by atoms with Crippen molar-refractivity contribution in [3.8, 4) is 0 Å². The van der Waals surface area contributed by atoms with E-state index in [1.54, 1.807) is 0 Å². The fraction of sp³-hybridized carbons (Fsp3) is 0.846. The summed E-state index contributed by atoms with van der Waals surface area (Å²) < 4.78 is 0. The molecular weight excluding hydrogens is 156 g/mol. The molecule has 0 saturated heterocycles. The molecule has 0 aliphatic carbocycles. The van der Waals surface area contributed by atoms with Gasteiger partial charge in [0.05, 0.1) is 0 Å². The largest absolute Gasteiger partial charge is 0.0628 e. The predicted octanol–water partition coefficient (Wildman–Crippen LogP) is 4.80. The second-order valence-corrected chi connectivity index (χ2v) is 4.33. The average Bonchev–Trinajstić information content (AvgIpc) is 2.09. The molecule has 0 nitrogen and oxygen atoms in total. The highest BCUT2D eigenvalue weighted by molar-refractivity contribution is 4.66. The Morgan fingerprint density at radius 3 is 2.23 bits per heavy atom. The van der Waals surface area contributed by atoms with Crippen molar-refractivity contribution in [2.45, 2.75) is 65.2 Å². The van der Waals surface area contributed by atoms with E-state index in [1.807, 2.05) is 0 Å². The number of unbranched alkanes of at least 4 members (excludes halogenated alkanes) is 7. The lowest BCUT2D eigenvalue weighted by molar-refractivity contribution is 0.579. The van der Waals surface area contributed by atoms with E-state index in [4.69, 9.17) is 0 Å². The Balaban J connectivity index is 2.84. The summed E-state index contributed by atoms with van der Waals surface area (Å²) >= 11 is 0. The van der Waals surface area contributed by atoms with E-state index in [0.717, 1.165) is 12.3 Å². The maximum atomic E-state index is 3.85. The van der Waals surface area contributed by atoms with E-state index in [9.17, 15) is 0 Å². The Hall–Kier alpha value is 0. The summed E-state index contributed by atoms with van der Waals surface area (Å²) in [5.74, 6) is 0.839. The van der Waals surface area contributed by atoms with Crippen LogP contribution in [0, 0.1) is 19.3 Å². The first-order valence-electron chi connectivity index (χ1n) is 5.88. The van der Waals surface area contributed by atoms with Crippen LogP contribution in [-0.2, 0) is 0 Å². The van der Waals surface area contributed by atoms with Gasteiger partial charge in [-0.1, -0.05) is 65.7 Å². The molecule has 0 spiro atoms. The van der Waals surface area contributed by atoms with Crippen molar-refractivity contribution in [3.05, 3.63) is 13.3 Å². The third-order valence-corrected chi connectivity index (χ3v) is 2.30. The van der Waals surface area contributed by atoms with Crippen LogP contribution in [0.2, 0.25) is 0 Å². The van der Waals surface area contributed by atoms with Gasteiger partial charge < -0.3 is 0 Å². The van der Waals surface area contributed by atoms with Crippen molar-refractivity contribution in [1.82, 2.24) is 0 Å². The number of hydrogen-bond donors (Lipinski definition) is 0. The summed E-state index contributed by atoms with van der Waals surface area (Å²) in [6.07, 6.45) is 13.1. The Kier molecular flexibility index (Phi) is 10.1. The van der Waals surface area contributed by atoms with Crippen LogP contribution in [0.4, 0.5) is 0 Å². The third-order valence-electron chi connectivity index (χ3n) is 2.30. The molecule has 0 aliphatic heterocycles. The van der Waals surface area contributed by atoms with Gasteiger partial charge in [-0.15, -0.1) is 0 Å². The van der Waals surface area contributed by atoms with Crippen LogP contribution in [0.1, 0.15) is 65.2 Å². The highest BCUT2D eigenvalue weighted by Gasteiger charge is 1.94. The van der Waals surface area contributed by atoms with E-state index in [1.165, 1.54) is 44.9 Å². The van der Waals surface area contributed by atoms with Crippen LogP contribution in [0.25, 0.3) is 0 Å². The second kappa shape index (κ2) is 10.1. The van der Waals surface area contributed by atoms with Gasteiger partial charge in [0, 0.05) is 0 Å². The molecule has 13 heavy (non-hydrogen) atoms. The van der Waals surface area contributed by atoms with Gasteiger partial charge in [-0.25, -0.2) is 0 Å². The van der Waals surface area contributed by atoms with E-state index in [2.05, 4.69) is 27.2 Å². The Bertz CT molecular complexity index is 84.0. The highest BCUT2D eigenvalue weighted by atomic mass is 14.0.